The van der Waals surface area contributed by atoms with E-state index in [1.807, 2.05) is 0 Å². The number of aromatic nitrogens is 4. The standard InChI is InChI=1S/C15H13F2N5O/c1-9(23)20-13-7-11-10(8-19-13)4-6-22(11)14-18-5-3-12(21-14)15(2,16)17/h3-8H,1-2H3,(H,19,20,23). The predicted molar refractivity (Wildman–Crippen MR) is 80.5 cm³/mol. The average Bonchev–Trinajstić information content (AvgIpc) is 2.89. The van der Waals surface area contributed by atoms with Gasteiger partial charge in [-0.15, -0.1) is 0 Å². The third kappa shape index (κ3) is 3.01. The smallest absolute Gasteiger partial charge is 0.287 e. The van der Waals surface area contributed by atoms with Crippen molar-refractivity contribution in [3.05, 3.63) is 42.5 Å². The first-order chi connectivity index (χ1) is 10.8. The van der Waals surface area contributed by atoms with Gasteiger partial charge in [0.2, 0.25) is 11.9 Å². The average molecular weight is 317 g/mol. The van der Waals surface area contributed by atoms with E-state index in [4.69, 9.17) is 0 Å². The van der Waals surface area contributed by atoms with Crippen LogP contribution in [0.2, 0.25) is 0 Å². The molecule has 0 saturated carbocycles. The number of anilines is 1. The van der Waals surface area contributed by atoms with Crippen LogP contribution in [-0.2, 0) is 10.7 Å². The number of amides is 1. The molecule has 0 aliphatic heterocycles. The lowest BCUT2D eigenvalue weighted by molar-refractivity contribution is -0.114. The van der Waals surface area contributed by atoms with Crippen LogP contribution in [-0.4, -0.2) is 25.4 Å². The first-order valence-corrected chi connectivity index (χ1v) is 6.81. The summed E-state index contributed by atoms with van der Waals surface area (Å²) < 4.78 is 28.4. The van der Waals surface area contributed by atoms with Gasteiger partial charge in [-0.05, 0) is 12.1 Å². The largest absolute Gasteiger partial charge is 0.311 e. The van der Waals surface area contributed by atoms with Crippen LogP contribution in [0.3, 0.4) is 0 Å². The predicted octanol–water partition coefficient (Wildman–Crippen LogP) is 2.89. The summed E-state index contributed by atoms with van der Waals surface area (Å²) in [4.78, 5) is 23.2. The third-order valence-corrected chi connectivity index (χ3v) is 3.19. The molecule has 3 aromatic heterocycles. The molecule has 0 aliphatic rings. The summed E-state index contributed by atoms with van der Waals surface area (Å²) >= 11 is 0. The molecule has 1 N–H and O–H groups in total. The summed E-state index contributed by atoms with van der Waals surface area (Å²) in [7, 11) is 0. The Morgan fingerprint density at radius 1 is 1.30 bits per heavy atom. The van der Waals surface area contributed by atoms with Gasteiger partial charge >= 0.3 is 0 Å². The number of hydrogen-bond acceptors (Lipinski definition) is 4. The Hall–Kier alpha value is -2.90. The van der Waals surface area contributed by atoms with E-state index < -0.39 is 5.92 Å². The van der Waals surface area contributed by atoms with Gasteiger partial charge in [-0.3, -0.25) is 9.36 Å². The highest BCUT2D eigenvalue weighted by Crippen LogP contribution is 2.26. The minimum atomic E-state index is -3.05. The van der Waals surface area contributed by atoms with Crippen molar-refractivity contribution in [1.29, 1.82) is 0 Å². The molecule has 0 aliphatic carbocycles. The molecule has 0 radical (unpaired) electrons. The maximum Gasteiger partial charge on any atom is 0.287 e. The van der Waals surface area contributed by atoms with E-state index in [1.165, 1.54) is 19.2 Å². The highest BCUT2D eigenvalue weighted by Gasteiger charge is 2.26. The van der Waals surface area contributed by atoms with Crippen molar-refractivity contribution in [2.45, 2.75) is 19.8 Å². The Labute approximate surface area is 130 Å². The van der Waals surface area contributed by atoms with Gasteiger partial charge in [0, 0.05) is 43.9 Å². The maximum atomic E-state index is 13.4. The Morgan fingerprint density at radius 3 is 2.78 bits per heavy atom. The summed E-state index contributed by atoms with van der Waals surface area (Å²) in [6.07, 6.45) is 4.53. The Morgan fingerprint density at radius 2 is 2.09 bits per heavy atom. The molecule has 1 amide bonds. The van der Waals surface area contributed by atoms with E-state index in [0.717, 1.165) is 12.3 Å². The number of pyridine rings is 1. The van der Waals surface area contributed by atoms with Crippen LogP contribution < -0.4 is 5.32 Å². The monoisotopic (exact) mass is 317 g/mol. The van der Waals surface area contributed by atoms with E-state index in [9.17, 15) is 13.6 Å². The van der Waals surface area contributed by atoms with Crippen molar-refractivity contribution in [2.24, 2.45) is 0 Å². The van der Waals surface area contributed by atoms with Crippen molar-refractivity contribution in [3.63, 3.8) is 0 Å². The molecule has 3 heterocycles. The number of fused-ring (bicyclic) bond motifs is 1. The summed E-state index contributed by atoms with van der Waals surface area (Å²) in [5.41, 5.74) is 0.292. The molecule has 6 nitrogen and oxygen atoms in total. The summed E-state index contributed by atoms with van der Waals surface area (Å²) in [6, 6.07) is 4.58. The lowest BCUT2D eigenvalue weighted by atomic mass is 10.2. The van der Waals surface area contributed by atoms with Gasteiger partial charge in [0.1, 0.15) is 11.5 Å². The number of alkyl halides is 2. The fourth-order valence-corrected chi connectivity index (χ4v) is 2.16. The minimum absolute atomic E-state index is 0.124. The summed E-state index contributed by atoms with van der Waals surface area (Å²) in [5.74, 6) is -2.82. The zero-order valence-corrected chi connectivity index (χ0v) is 12.4. The lowest BCUT2D eigenvalue weighted by Crippen LogP contribution is -2.12. The second kappa shape index (κ2) is 5.38. The molecule has 23 heavy (non-hydrogen) atoms. The van der Waals surface area contributed by atoms with E-state index in [0.29, 0.717) is 11.3 Å². The molecular formula is C15H13F2N5O. The van der Waals surface area contributed by atoms with Crippen molar-refractivity contribution in [2.75, 3.05) is 5.32 Å². The van der Waals surface area contributed by atoms with Crippen LogP contribution in [0.15, 0.2) is 36.8 Å². The molecule has 0 spiro atoms. The molecule has 0 aromatic carbocycles. The highest BCUT2D eigenvalue weighted by atomic mass is 19.3. The number of nitrogens with one attached hydrogen (secondary N) is 1. The maximum absolute atomic E-state index is 13.4. The molecule has 0 unspecified atom stereocenters. The number of nitrogens with zero attached hydrogens (tertiary/aromatic N) is 4. The second-order valence-corrected chi connectivity index (χ2v) is 5.13. The molecule has 118 valence electrons. The molecule has 3 rings (SSSR count). The van der Waals surface area contributed by atoms with E-state index in [2.05, 4.69) is 20.3 Å². The van der Waals surface area contributed by atoms with Crippen molar-refractivity contribution < 1.29 is 13.6 Å². The van der Waals surface area contributed by atoms with Crippen LogP contribution in [0.1, 0.15) is 19.5 Å². The minimum Gasteiger partial charge on any atom is -0.311 e. The molecule has 0 atom stereocenters. The highest BCUT2D eigenvalue weighted by molar-refractivity contribution is 5.90. The van der Waals surface area contributed by atoms with E-state index in [1.54, 1.807) is 29.1 Å². The SMILES string of the molecule is CC(=O)Nc1cc2c(ccn2-c2nccc(C(C)(F)F)n2)cn1. The van der Waals surface area contributed by atoms with Crippen molar-refractivity contribution in [3.8, 4) is 5.95 Å². The third-order valence-electron chi connectivity index (χ3n) is 3.19. The number of halogens is 2. The van der Waals surface area contributed by atoms with Gasteiger partial charge in [-0.2, -0.15) is 8.78 Å². The fraction of sp³-hybridized carbons (Fsp3) is 0.200. The first kappa shape index (κ1) is 15.0. The van der Waals surface area contributed by atoms with Gasteiger partial charge < -0.3 is 5.32 Å². The zero-order chi connectivity index (χ0) is 16.6. The first-order valence-electron chi connectivity index (χ1n) is 6.81. The zero-order valence-electron chi connectivity index (χ0n) is 12.4. The molecular weight excluding hydrogens is 304 g/mol. The Kier molecular flexibility index (Phi) is 3.51. The van der Waals surface area contributed by atoms with E-state index in [-0.39, 0.29) is 17.5 Å². The van der Waals surface area contributed by atoms with Gasteiger partial charge in [0.25, 0.3) is 5.92 Å². The number of hydrogen-bond donors (Lipinski definition) is 1. The molecule has 0 fully saturated rings. The normalized spacial score (nSPS) is 11.7. The van der Waals surface area contributed by atoms with Crippen LogP contribution in [0.5, 0.6) is 0 Å². The quantitative estimate of drug-likeness (QED) is 0.806. The van der Waals surface area contributed by atoms with Gasteiger partial charge in [0.15, 0.2) is 0 Å². The lowest BCUT2D eigenvalue weighted by Gasteiger charge is -2.11. The number of carbonyl (C=O) groups is 1. The van der Waals surface area contributed by atoms with Gasteiger partial charge in [0.05, 0.1) is 5.52 Å². The molecule has 0 saturated heterocycles. The van der Waals surface area contributed by atoms with Crippen molar-refractivity contribution >= 4 is 22.6 Å². The van der Waals surface area contributed by atoms with Crippen molar-refractivity contribution in [1.82, 2.24) is 19.5 Å². The fourth-order valence-electron chi connectivity index (χ4n) is 2.16. The number of carbonyl (C=O) groups excluding carboxylic acids is 1. The summed E-state index contributed by atoms with van der Waals surface area (Å²) in [6.45, 7) is 2.16. The van der Waals surface area contributed by atoms with Crippen LogP contribution in [0.25, 0.3) is 16.9 Å². The van der Waals surface area contributed by atoms with E-state index >= 15 is 0 Å². The van der Waals surface area contributed by atoms with Gasteiger partial charge in [-0.25, -0.2) is 15.0 Å². The molecule has 0 bridgehead atoms. The molecule has 8 heteroatoms. The second-order valence-electron chi connectivity index (χ2n) is 5.13. The van der Waals surface area contributed by atoms with Crippen LogP contribution in [0, 0.1) is 0 Å². The van der Waals surface area contributed by atoms with Crippen LogP contribution in [0.4, 0.5) is 14.6 Å². The summed E-state index contributed by atoms with van der Waals surface area (Å²) in [5, 5.41) is 3.35. The Balaban J connectivity index is 2.11. The van der Waals surface area contributed by atoms with Crippen LogP contribution >= 0.6 is 0 Å². The molecule has 3 aromatic rings. The number of rotatable bonds is 3. The van der Waals surface area contributed by atoms with Gasteiger partial charge in [-0.1, -0.05) is 0 Å². The Bertz CT molecular complexity index is 885. The topological polar surface area (TPSA) is 72.7 Å².